The molecule has 0 saturated carbocycles. The number of carbonyl (C=O) groups is 2. The van der Waals surface area contributed by atoms with Crippen LogP contribution in [-0.2, 0) is 15.7 Å². The van der Waals surface area contributed by atoms with E-state index in [1.807, 2.05) is 0 Å². The fourth-order valence-corrected chi connectivity index (χ4v) is 2.81. The third kappa shape index (κ3) is 4.64. The Labute approximate surface area is 143 Å². The van der Waals surface area contributed by atoms with E-state index in [0.717, 1.165) is 12.1 Å². The smallest absolute Gasteiger partial charge is 0.416 e. The normalized spacial score (nSPS) is 21.3. The van der Waals surface area contributed by atoms with Crippen LogP contribution in [0.5, 0.6) is 0 Å². The van der Waals surface area contributed by atoms with Crippen LogP contribution in [0.1, 0.15) is 37.8 Å². The molecule has 0 aromatic heterocycles. The van der Waals surface area contributed by atoms with Gasteiger partial charge in [0.2, 0.25) is 0 Å². The van der Waals surface area contributed by atoms with Crippen molar-refractivity contribution in [2.45, 2.75) is 38.5 Å². The maximum absolute atomic E-state index is 12.9. The van der Waals surface area contributed by atoms with Gasteiger partial charge in [-0.05, 0) is 32.4 Å². The summed E-state index contributed by atoms with van der Waals surface area (Å²) in [6, 6.07) is 4.57. The summed E-state index contributed by atoms with van der Waals surface area (Å²) in [4.78, 5) is 24.9. The lowest BCUT2D eigenvalue weighted by molar-refractivity contribution is -0.141. The Hall–Kier alpha value is -2.25. The first kappa shape index (κ1) is 19.1. The molecule has 1 aliphatic rings. The lowest BCUT2D eigenvalue weighted by atomic mass is 9.88. The van der Waals surface area contributed by atoms with E-state index in [9.17, 15) is 27.9 Å². The lowest BCUT2D eigenvalue weighted by Crippen LogP contribution is -2.35. The average molecular weight is 359 g/mol. The minimum atomic E-state index is -4.52. The number of rotatable bonds is 2. The summed E-state index contributed by atoms with van der Waals surface area (Å²) in [5, 5.41) is 9.41. The lowest BCUT2D eigenvalue weighted by Gasteiger charge is -2.24. The number of aliphatic carboxylic acids is 1. The Morgan fingerprint density at radius 1 is 1.20 bits per heavy atom. The van der Waals surface area contributed by atoms with Gasteiger partial charge in [0.1, 0.15) is 5.60 Å². The Balaban J connectivity index is 2.27. The van der Waals surface area contributed by atoms with Crippen molar-refractivity contribution in [2.75, 3.05) is 13.1 Å². The molecule has 1 amide bonds. The zero-order valence-electron chi connectivity index (χ0n) is 14.1. The highest BCUT2D eigenvalue weighted by molar-refractivity contribution is 5.76. The van der Waals surface area contributed by atoms with Crippen molar-refractivity contribution < 1.29 is 32.6 Å². The molecule has 8 heteroatoms. The van der Waals surface area contributed by atoms with Crippen LogP contribution < -0.4 is 0 Å². The highest BCUT2D eigenvalue weighted by Gasteiger charge is 2.42. The number of halogens is 3. The first-order valence-corrected chi connectivity index (χ1v) is 7.76. The summed E-state index contributed by atoms with van der Waals surface area (Å²) in [6.07, 6.45) is -5.19. The number of nitrogens with zero attached hydrogens (tertiary/aromatic N) is 1. The van der Waals surface area contributed by atoms with Crippen molar-refractivity contribution in [3.63, 3.8) is 0 Å². The van der Waals surface area contributed by atoms with Gasteiger partial charge in [0.15, 0.2) is 0 Å². The topological polar surface area (TPSA) is 66.8 Å². The largest absolute Gasteiger partial charge is 0.481 e. The van der Waals surface area contributed by atoms with Crippen LogP contribution in [0.3, 0.4) is 0 Å². The van der Waals surface area contributed by atoms with Gasteiger partial charge in [0.25, 0.3) is 0 Å². The zero-order chi connectivity index (χ0) is 19.0. The fraction of sp³-hybridized carbons (Fsp3) is 0.529. The van der Waals surface area contributed by atoms with E-state index in [1.54, 1.807) is 20.8 Å². The van der Waals surface area contributed by atoms with Gasteiger partial charge in [-0.25, -0.2) is 4.79 Å². The molecule has 2 rings (SSSR count). The number of carboxylic acids is 1. The Kier molecular flexibility index (Phi) is 5.02. The molecule has 1 heterocycles. The Morgan fingerprint density at radius 2 is 1.84 bits per heavy atom. The van der Waals surface area contributed by atoms with Gasteiger partial charge in [-0.15, -0.1) is 0 Å². The predicted octanol–water partition coefficient (Wildman–Crippen LogP) is 3.74. The molecular weight excluding hydrogens is 339 g/mol. The van der Waals surface area contributed by atoms with Gasteiger partial charge in [-0.2, -0.15) is 13.2 Å². The van der Waals surface area contributed by atoms with Crippen LogP contribution in [0.2, 0.25) is 0 Å². The first-order valence-electron chi connectivity index (χ1n) is 7.76. The van der Waals surface area contributed by atoms with Crippen molar-refractivity contribution in [1.82, 2.24) is 4.90 Å². The molecule has 1 N–H and O–H groups in total. The van der Waals surface area contributed by atoms with Crippen LogP contribution in [0.25, 0.3) is 0 Å². The van der Waals surface area contributed by atoms with Crippen molar-refractivity contribution in [3.8, 4) is 0 Å². The summed E-state index contributed by atoms with van der Waals surface area (Å²) in [6.45, 7) is 4.93. The number of hydrogen-bond acceptors (Lipinski definition) is 3. The molecule has 0 spiro atoms. The van der Waals surface area contributed by atoms with Crippen molar-refractivity contribution in [1.29, 1.82) is 0 Å². The van der Waals surface area contributed by atoms with Crippen molar-refractivity contribution >= 4 is 12.1 Å². The minimum Gasteiger partial charge on any atom is -0.481 e. The maximum Gasteiger partial charge on any atom is 0.416 e. The van der Waals surface area contributed by atoms with Crippen LogP contribution in [0.4, 0.5) is 18.0 Å². The standard InChI is InChI=1S/C17H20F3NO4/c1-16(2,3)25-15(24)21-8-12(13(9-21)14(22)23)10-5-4-6-11(7-10)17(18,19)20/h4-7,12-13H,8-9H2,1-3H3,(H,22,23)/t12-,13-/m0/s1. The molecule has 1 aromatic rings. The Morgan fingerprint density at radius 3 is 2.36 bits per heavy atom. The molecule has 0 aliphatic carbocycles. The molecule has 1 fully saturated rings. The summed E-state index contributed by atoms with van der Waals surface area (Å²) < 4.78 is 43.9. The fourth-order valence-electron chi connectivity index (χ4n) is 2.81. The van der Waals surface area contributed by atoms with E-state index in [1.165, 1.54) is 17.0 Å². The van der Waals surface area contributed by atoms with E-state index in [0.29, 0.717) is 0 Å². The summed E-state index contributed by atoms with van der Waals surface area (Å²) >= 11 is 0. The van der Waals surface area contributed by atoms with E-state index in [2.05, 4.69) is 0 Å². The highest BCUT2D eigenvalue weighted by Crippen LogP contribution is 2.37. The summed E-state index contributed by atoms with van der Waals surface area (Å²) in [5.41, 5.74) is -1.34. The maximum atomic E-state index is 12.9. The molecule has 1 saturated heterocycles. The molecule has 25 heavy (non-hydrogen) atoms. The van der Waals surface area contributed by atoms with E-state index in [-0.39, 0.29) is 18.7 Å². The number of amides is 1. The van der Waals surface area contributed by atoms with E-state index < -0.39 is 41.2 Å². The summed E-state index contributed by atoms with van der Waals surface area (Å²) in [5.74, 6) is -2.88. The van der Waals surface area contributed by atoms with Crippen molar-refractivity contribution in [2.24, 2.45) is 5.92 Å². The number of ether oxygens (including phenoxy) is 1. The molecular formula is C17H20F3NO4. The number of carbonyl (C=O) groups excluding carboxylic acids is 1. The molecule has 138 valence electrons. The van der Waals surface area contributed by atoms with Crippen LogP contribution in [-0.4, -0.2) is 40.8 Å². The van der Waals surface area contributed by atoms with Gasteiger partial charge < -0.3 is 14.7 Å². The average Bonchev–Trinajstić information content (AvgIpc) is 2.90. The van der Waals surface area contributed by atoms with Gasteiger partial charge in [0, 0.05) is 19.0 Å². The molecule has 5 nitrogen and oxygen atoms in total. The first-order chi connectivity index (χ1) is 11.4. The SMILES string of the molecule is CC(C)(C)OC(=O)N1C[C@H](C(=O)O)[C@H](c2cccc(C(F)(F)F)c2)C1. The third-order valence-electron chi connectivity index (χ3n) is 3.93. The van der Waals surface area contributed by atoms with Gasteiger partial charge in [0.05, 0.1) is 11.5 Å². The van der Waals surface area contributed by atoms with Gasteiger partial charge in [-0.1, -0.05) is 18.2 Å². The molecule has 1 aromatic carbocycles. The molecule has 2 atom stereocenters. The highest BCUT2D eigenvalue weighted by atomic mass is 19.4. The second-order valence-electron chi connectivity index (χ2n) is 7.06. The molecule has 1 aliphatic heterocycles. The van der Waals surface area contributed by atoms with E-state index >= 15 is 0 Å². The molecule has 0 radical (unpaired) electrons. The van der Waals surface area contributed by atoms with Crippen LogP contribution >= 0.6 is 0 Å². The number of hydrogen-bond donors (Lipinski definition) is 1. The van der Waals surface area contributed by atoms with E-state index in [4.69, 9.17) is 4.74 Å². The molecule has 0 unspecified atom stereocenters. The second kappa shape index (κ2) is 6.57. The summed E-state index contributed by atoms with van der Waals surface area (Å²) in [7, 11) is 0. The quantitative estimate of drug-likeness (QED) is 0.874. The third-order valence-corrected chi connectivity index (χ3v) is 3.93. The number of benzene rings is 1. The minimum absolute atomic E-state index is 0.00676. The number of carboxylic acid groups (broad SMARTS) is 1. The number of likely N-dealkylation sites (tertiary alicyclic amines) is 1. The second-order valence-corrected chi connectivity index (χ2v) is 7.06. The monoisotopic (exact) mass is 359 g/mol. The predicted molar refractivity (Wildman–Crippen MR) is 83.1 cm³/mol. The zero-order valence-corrected chi connectivity index (χ0v) is 14.1. The van der Waals surface area contributed by atoms with Crippen molar-refractivity contribution in [3.05, 3.63) is 35.4 Å². The van der Waals surface area contributed by atoms with Gasteiger partial charge >= 0.3 is 18.2 Å². The number of alkyl halides is 3. The van der Waals surface area contributed by atoms with Gasteiger partial charge in [-0.3, -0.25) is 4.79 Å². The van der Waals surface area contributed by atoms with Crippen LogP contribution in [0, 0.1) is 5.92 Å². The molecule has 0 bridgehead atoms. The van der Waals surface area contributed by atoms with Crippen LogP contribution in [0.15, 0.2) is 24.3 Å². The Bertz CT molecular complexity index is 667.